The number of aromatic nitrogens is 1. The maximum atomic E-state index is 12.9. The Morgan fingerprint density at radius 1 is 1.41 bits per heavy atom. The Morgan fingerprint density at radius 2 is 2.19 bits per heavy atom. The molecule has 0 spiro atoms. The molecule has 0 unspecified atom stereocenters. The van der Waals surface area contributed by atoms with E-state index in [9.17, 15) is 9.59 Å². The minimum absolute atomic E-state index is 0.0835. The molecule has 8 heteroatoms. The van der Waals surface area contributed by atoms with Crippen LogP contribution >= 0.6 is 22.9 Å². The van der Waals surface area contributed by atoms with E-state index in [4.69, 9.17) is 11.6 Å². The third kappa shape index (κ3) is 4.59. The van der Waals surface area contributed by atoms with E-state index in [2.05, 4.69) is 15.6 Å². The largest absolute Gasteiger partial charge is 0.352 e. The molecule has 2 amide bonds. The van der Waals surface area contributed by atoms with Crippen molar-refractivity contribution in [3.05, 3.63) is 40.4 Å². The lowest BCUT2D eigenvalue weighted by molar-refractivity contribution is -0.125. The Labute approximate surface area is 167 Å². The molecule has 3 rings (SSSR count). The topological polar surface area (TPSA) is 74.3 Å². The molecule has 1 aromatic heterocycles. The van der Waals surface area contributed by atoms with Crippen LogP contribution in [-0.4, -0.2) is 40.3 Å². The summed E-state index contributed by atoms with van der Waals surface area (Å²) in [6.07, 6.45) is 2.36. The molecular formula is C19H23ClN4O2S. The molecule has 1 saturated heterocycles. The van der Waals surface area contributed by atoms with Crippen molar-refractivity contribution in [2.75, 3.05) is 11.9 Å². The maximum Gasteiger partial charge on any atom is 0.274 e. The average Bonchev–Trinajstić information content (AvgIpc) is 3.32. The van der Waals surface area contributed by atoms with E-state index in [1.54, 1.807) is 16.3 Å². The van der Waals surface area contributed by atoms with Crippen molar-refractivity contribution in [1.82, 2.24) is 15.2 Å². The zero-order chi connectivity index (χ0) is 19.4. The number of anilines is 2. The first kappa shape index (κ1) is 19.6. The number of nitrogens with zero attached hydrogens (tertiary/aromatic N) is 2. The van der Waals surface area contributed by atoms with Crippen molar-refractivity contribution in [2.24, 2.45) is 0 Å². The Hall–Kier alpha value is -2.12. The third-order valence-electron chi connectivity index (χ3n) is 4.66. The van der Waals surface area contributed by atoms with E-state index in [1.807, 2.05) is 32.0 Å². The fraction of sp³-hybridized carbons (Fsp3) is 0.421. The van der Waals surface area contributed by atoms with Gasteiger partial charge in [0.15, 0.2) is 5.13 Å². The number of halogens is 1. The summed E-state index contributed by atoms with van der Waals surface area (Å²) in [6, 6.07) is 7.03. The molecule has 2 N–H and O–H groups in total. The molecule has 0 aliphatic carbocycles. The second kappa shape index (κ2) is 8.71. The summed E-state index contributed by atoms with van der Waals surface area (Å²) in [6.45, 7) is 4.56. The lowest BCUT2D eigenvalue weighted by Crippen LogP contribution is -2.48. The van der Waals surface area contributed by atoms with Crippen LogP contribution in [0.4, 0.5) is 10.8 Å². The van der Waals surface area contributed by atoms with E-state index >= 15 is 0 Å². The van der Waals surface area contributed by atoms with Crippen molar-refractivity contribution in [2.45, 2.75) is 45.2 Å². The van der Waals surface area contributed by atoms with Crippen LogP contribution in [0.15, 0.2) is 29.6 Å². The summed E-state index contributed by atoms with van der Waals surface area (Å²) in [5.41, 5.74) is 1.08. The summed E-state index contributed by atoms with van der Waals surface area (Å²) in [5.74, 6) is -0.292. The van der Waals surface area contributed by atoms with Gasteiger partial charge in [0.1, 0.15) is 11.7 Å². The fourth-order valence-corrected chi connectivity index (χ4v) is 3.86. The highest BCUT2D eigenvalue weighted by atomic mass is 35.5. The molecule has 2 atom stereocenters. The lowest BCUT2D eigenvalue weighted by Gasteiger charge is -2.24. The van der Waals surface area contributed by atoms with Gasteiger partial charge in [-0.15, -0.1) is 11.3 Å². The van der Waals surface area contributed by atoms with Crippen LogP contribution < -0.4 is 10.6 Å². The van der Waals surface area contributed by atoms with Crippen LogP contribution in [0.3, 0.4) is 0 Å². The van der Waals surface area contributed by atoms with Gasteiger partial charge in [0.25, 0.3) is 5.91 Å². The Balaban J connectivity index is 1.69. The molecule has 1 aliphatic rings. The normalized spacial score (nSPS) is 17.6. The molecule has 2 heterocycles. The van der Waals surface area contributed by atoms with Gasteiger partial charge in [-0.1, -0.05) is 30.7 Å². The van der Waals surface area contributed by atoms with E-state index in [1.165, 1.54) is 11.3 Å². The van der Waals surface area contributed by atoms with Crippen LogP contribution in [0.25, 0.3) is 0 Å². The number of likely N-dealkylation sites (tertiary alicyclic amines) is 1. The molecule has 27 heavy (non-hydrogen) atoms. The Bertz CT molecular complexity index is 826. The van der Waals surface area contributed by atoms with Crippen LogP contribution in [0.5, 0.6) is 0 Å². The summed E-state index contributed by atoms with van der Waals surface area (Å²) in [4.78, 5) is 31.4. The van der Waals surface area contributed by atoms with Crippen LogP contribution in [0, 0.1) is 0 Å². The van der Waals surface area contributed by atoms with Gasteiger partial charge in [0.05, 0.1) is 10.7 Å². The zero-order valence-electron chi connectivity index (χ0n) is 15.4. The van der Waals surface area contributed by atoms with Gasteiger partial charge in [-0.2, -0.15) is 0 Å². The number of carbonyl (C=O) groups is 2. The minimum atomic E-state index is -0.423. The molecule has 144 valence electrons. The molecule has 1 aliphatic heterocycles. The van der Waals surface area contributed by atoms with E-state index in [0.29, 0.717) is 28.8 Å². The van der Waals surface area contributed by atoms with Gasteiger partial charge < -0.3 is 15.5 Å². The van der Waals surface area contributed by atoms with E-state index in [-0.39, 0.29) is 17.9 Å². The monoisotopic (exact) mass is 406 g/mol. The summed E-state index contributed by atoms with van der Waals surface area (Å²) in [7, 11) is 0. The van der Waals surface area contributed by atoms with Crippen LogP contribution in [0.1, 0.15) is 43.6 Å². The van der Waals surface area contributed by atoms with Gasteiger partial charge in [-0.25, -0.2) is 4.98 Å². The summed E-state index contributed by atoms with van der Waals surface area (Å²) in [5, 5.41) is 8.99. The van der Waals surface area contributed by atoms with Crippen molar-refractivity contribution >= 4 is 45.6 Å². The van der Waals surface area contributed by atoms with E-state index < -0.39 is 6.04 Å². The summed E-state index contributed by atoms with van der Waals surface area (Å²) >= 11 is 7.48. The van der Waals surface area contributed by atoms with Crippen LogP contribution in [0.2, 0.25) is 5.02 Å². The molecule has 2 aromatic rings. The maximum absolute atomic E-state index is 12.9. The second-order valence-corrected chi connectivity index (χ2v) is 7.88. The first-order chi connectivity index (χ1) is 13.0. The molecule has 6 nitrogen and oxygen atoms in total. The highest BCUT2D eigenvalue weighted by Crippen LogP contribution is 2.28. The number of hydrogen-bond donors (Lipinski definition) is 2. The first-order valence-electron chi connectivity index (χ1n) is 9.08. The number of amides is 2. The number of para-hydroxylation sites is 1. The number of rotatable bonds is 6. The third-order valence-corrected chi connectivity index (χ3v) is 5.74. The standard InChI is InChI=1S/C19H23ClN4O2S/c1-3-12(2)21-17(25)16-9-6-10-24(16)18(26)15-11-27-19(23-15)22-14-8-5-4-7-13(14)20/h4-5,7-8,11-12,16H,3,6,9-10H2,1-2H3,(H,21,25)(H,22,23)/t12-,16+/m1/s1. The second-order valence-electron chi connectivity index (χ2n) is 6.62. The predicted octanol–water partition coefficient (Wildman–Crippen LogP) is 4.06. The summed E-state index contributed by atoms with van der Waals surface area (Å²) < 4.78 is 0. The Morgan fingerprint density at radius 3 is 2.93 bits per heavy atom. The van der Waals surface area contributed by atoms with E-state index in [0.717, 1.165) is 18.5 Å². The minimum Gasteiger partial charge on any atom is -0.352 e. The van der Waals surface area contributed by atoms with Gasteiger partial charge in [0, 0.05) is 18.0 Å². The molecule has 0 saturated carbocycles. The van der Waals surface area contributed by atoms with Gasteiger partial charge in [0.2, 0.25) is 5.91 Å². The van der Waals surface area contributed by atoms with Gasteiger partial charge in [-0.3, -0.25) is 9.59 Å². The highest BCUT2D eigenvalue weighted by Gasteiger charge is 2.35. The zero-order valence-corrected chi connectivity index (χ0v) is 16.9. The molecule has 1 fully saturated rings. The number of thiazole rings is 1. The highest BCUT2D eigenvalue weighted by molar-refractivity contribution is 7.14. The number of carbonyl (C=O) groups excluding carboxylic acids is 2. The van der Waals surface area contributed by atoms with Gasteiger partial charge >= 0.3 is 0 Å². The number of nitrogens with one attached hydrogen (secondary N) is 2. The van der Waals surface area contributed by atoms with Crippen LogP contribution in [-0.2, 0) is 4.79 Å². The van der Waals surface area contributed by atoms with Crippen molar-refractivity contribution in [1.29, 1.82) is 0 Å². The van der Waals surface area contributed by atoms with Crippen molar-refractivity contribution in [3.8, 4) is 0 Å². The SMILES string of the molecule is CC[C@@H](C)NC(=O)[C@@H]1CCCN1C(=O)c1csc(Nc2ccccc2Cl)n1. The van der Waals surface area contributed by atoms with Gasteiger partial charge in [-0.05, 0) is 38.3 Å². The lowest BCUT2D eigenvalue weighted by atomic mass is 10.1. The molecule has 0 bridgehead atoms. The molecule has 1 aromatic carbocycles. The predicted molar refractivity (Wildman–Crippen MR) is 109 cm³/mol. The Kier molecular flexibility index (Phi) is 6.34. The average molecular weight is 407 g/mol. The quantitative estimate of drug-likeness (QED) is 0.758. The molecular weight excluding hydrogens is 384 g/mol. The first-order valence-corrected chi connectivity index (χ1v) is 10.3. The fourth-order valence-electron chi connectivity index (χ4n) is 2.98. The smallest absolute Gasteiger partial charge is 0.274 e. The van der Waals surface area contributed by atoms with Crippen molar-refractivity contribution < 1.29 is 9.59 Å². The number of benzene rings is 1. The van der Waals surface area contributed by atoms with Crippen molar-refractivity contribution in [3.63, 3.8) is 0 Å². The molecule has 0 radical (unpaired) electrons. The number of hydrogen-bond acceptors (Lipinski definition) is 5.